The third-order valence-corrected chi connectivity index (χ3v) is 4.68. The van der Waals surface area contributed by atoms with Gasteiger partial charge in [-0.25, -0.2) is 0 Å². The Labute approximate surface area is 112 Å². The van der Waals surface area contributed by atoms with Crippen molar-refractivity contribution in [3.8, 4) is 0 Å². The largest absolute Gasteiger partial charge is 0.378 e. The summed E-state index contributed by atoms with van der Waals surface area (Å²) in [4.78, 5) is 2.72. The minimum Gasteiger partial charge on any atom is -0.378 e. The molecule has 2 fully saturated rings. The van der Waals surface area contributed by atoms with Gasteiger partial charge in [0.25, 0.3) is 0 Å². The molecule has 2 rings (SSSR count). The second-order valence-corrected chi connectivity index (χ2v) is 6.16. The van der Waals surface area contributed by atoms with Gasteiger partial charge in [-0.3, -0.25) is 0 Å². The molecule has 0 aromatic heterocycles. The molecule has 0 unspecified atom stereocenters. The molecule has 0 spiro atoms. The van der Waals surface area contributed by atoms with E-state index in [2.05, 4.69) is 11.8 Å². The molecule has 0 atom stereocenters. The van der Waals surface area contributed by atoms with Crippen LogP contribution >= 0.6 is 0 Å². The zero-order valence-corrected chi connectivity index (χ0v) is 11.9. The van der Waals surface area contributed by atoms with Gasteiger partial charge in [-0.15, -0.1) is 0 Å². The van der Waals surface area contributed by atoms with Crippen LogP contribution in [-0.2, 0) is 4.74 Å². The predicted octanol–water partition coefficient (Wildman–Crippen LogP) is 2.39. The summed E-state index contributed by atoms with van der Waals surface area (Å²) >= 11 is 0. The molecule has 0 aromatic rings. The van der Waals surface area contributed by atoms with Crippen molar-refractivity contribution >= 4 is 0 Å². The number of piperidine rings is 1. The molecule has 18 heavy (non-hydrogen) atoms. The summed E-state index contributed by atoms with van der Waals surface area (Å²) in [5.74, 6) is 0.957. The van der Waals surface area contributed by atoms with Crippen LogP contribution < -0.4 is 5.73 Å². The molecule has 3 nitrogen and oxygen atoms in total. The molecule has 0 bridgehead atoms. The lowest BCUT2D eigenvalue weighted by Crippen LogP contribution is -2.44. The van der Waals surface area contributed by atoms with Crippen LogP contribution in [0.4, 0.5) is 0 Å². The van der Waals surface area contributed by atoms with Crippen molar-refractivity contribution in [2.24, 2.45) is 11.7 Å². The number of hydrogen-bond donors (Lipinski definition) is 1. The smallest absolute Gasteiger partial charge is 0.0599 e. The summed E-state index contributed by atoms with van der Waals surface area (Å²) in [6.07, 6.45) is 9.62. The first kappa shape index (κ1) is 14.3. The van der Waals surface area contributed by atoms with Gasteiger partial charge in [0.05, 0.1) is 6.10 Å². The average Bonchev–Trinajstić information content (AvgIpc) is 2.41. The number of rotatable bonds is 5. The lowest BCUT2D eigenvalue weighted by Gasteiger charge is -2.40. The predicted molar refractivity (Wildman–Crippen MR) is 75.6 cm³/mol. The van der Waals surface area contributed by atoms with E-state index < -0.39 is 0 Å². The molecule has 0 amide bonds. The second-order valence-electron chi connectivity index (χ2n) is 6.16. The van der Waals surface area contributed by atoms with E-state index in [0.717, 1.165) is 31.5 Å². The van der Waals surface area contributed by atoms with Crippen molar-refractivity contribution in [3.05, 3.63) is 0 Å². The summed E-state index contributed by atoms with van der Waals surface area (Å²) in [6, 6.07) is 0.867. The molecule has 0 radical (unpaired) electrons. The molecule has 1 heterocycles. The number of nitrogens with two attached hydrogens (primary N) is 1. The Balaban J connectivity index is 1.63. The van der Waals surface area contributed by atoms with Gasteiger partial charge in [0.2, 0.25) is 0 Å². The Morgan fingerprint density at radius 3 is 2.33 bits per heavy atom. The zero-order valence-electron chi connectivity index (χ0n) is 11.9. The minimum atomic E-state index is 0.496. The summed E-state index contributed by atoms with van der Waals surface area (Å²) < 4.78 is 5.87. The number of likely N-dealkylation sites (tertiary alicyclic amines) is 1. The molecular formula is C15H30N2O. The molecule has 2 aliphatic rings. The standard InChI is InChI=1S/C15H30N2O/c1-13-3-5-14(6-4-13)17-10-7-15(8-11-17)18-12-2-9-16/h13-15H,2-12,16H2,1H3. The summed E-state index contributed by atoms with van der Waals surface area (Å²) in [5.41, 5.74) is 5.49. The third-order valence-electron chi connectivity index (χ3n) is 4.68. The molecular weight excluding hydrogens is 224 g/mol. The van der Waals surface area contributed by atoms with Crippen LogP contribution in [0.25, 0.3) is 0 Å². The van der Waals surface area contributed by atoms with Crippen LogP contribution in [0.1, 0.15) is 51.9 Å². The SMILES string of the molecule is CC1CCC(N2CCC(OCCCN)CC2)CC1. The van der Waals surface area contributed by atoms with Gasteiger partial charge in [0, 0.05) is 25.7 Å². The number of ether oxygens (including phenoxy) is 1. The van der Waals surface area contributed by atoms with Crippen molar-refractivity contribution in [1.82, 2.24) is 4.90 Å². The summed E-state index contributed by atoms with van der Waals surface area (Å²) in [6.45, 7) is 6.48. The summed E-state index contributed by atoms with van der Waals surface area (Å²) in [7, 11) is 0. The van der Waals surface area contributed by atoms with Crippen LogP contribution in [0, 0.1) is 5.92 Å². The highest BCUT2D eigenvalue weighted by atomic mass is 16.5. The Morgan fingerprint density at radius 1 is 1.06 bits per heavy atom. The molecule has 0 aromatic carbocycles. The monoisotopic (exact) mass is 254 g/mol. The third kappa shape index (κ3) is 4.22. The summed E-state index contributed by atoms with van der Waals surface area (Å²) in [5, 5.41) is 0. The minimum absolute atomic E-state index is 0.496. The highest BCUT2D eigenvalue weighted by molar-refractivity contribution is 4.82. The van der Waals surface area contributed by atoms with Gasteiger partial charge in [0.15, 0.2) is 0 Å². The average molecular weight is 254 g/mol. The molecule has 2 N–H and O–H groups in total. The van der Waals surface area contributed by atoms with E-state index in [9.17, 15) is 0 Å². The zero-order chi connectivity index (χ0) is 12.8. The van der Waals surface area contributed by atoms with Crippen molar-refractivity contribution in [2.45, 2.75) is 64.0 Å². The van der Waals surface area contributed by atoms with E-state index in [1.165, 1.54) is 51.6 Å². The second kappa shape index (κ2) is 7.46. The number of nitrogens with zero attached hydrogens (tertiary/aromatic N) is 1. The fraction of sp³-hybridized carbons (Fsp3) is 1.00. The van der Waals surface area contributed by atoms with Gasteiger partial charge in [-0.2, -0.15) is 0 Å². The highest BCUT2D eigenvalue weighted by Crippen LogP contribution is 2.29. The molecule has 1 saturated carbocycles. The van der Waals surface area contributed by atoms with Crippen LogP contribution in [0.2, 0.25) is 0 Å². The van der Waals surface area contributed by atoms with Gasteiger partial charge < -0.3 is 15.4 Å². The van der Waals surface area contributed by atoms with Crippen molar-refractivity contribution in [1.29, 1.82) is 0 Å². The van der Waals surface area contributed by atoms with Gasteiger partial charge >= 0.3 is 0 Å². The van der Waals surface area contributed by atoms with Crippen LogP contribution in [0.3, 0.4) is 0 Å². The fourth-order valence-electron chi connectivity index (χ4n) is 3.35. The van der Waals surface area contributed by atoms with Crippen molar-refractivity contribution < 1.29 is 4.74 Å². The van der Waals surface area contributed by atoms with E-state index in [0.29, 0.717) is 6.10 Å². The van der Waals surface area contributed by atoms with Crippen molar-refractivity contribution in [3.63, 3.8) is 0 Å². The molecule has 1 aliphatic carbocycles. The topological polar surface area (TPSA) is 38.5 Å². The Morgan fingerprint density at radius 2 is 1.72 bits per heavy atom. The van der Waals surface area contributed by atoms with E-state index in [-0.39, 0.29) is 0 Å². The Hall–Kier alpha value is -0.120. The van der Waals surface area contributed by atoms with E-state index in [1.54, 1.807) is 0 Å². The fourth-order valence-corrected chi connectivity index (χ4v) is 3.35. The first-order chi connectivity index (χ1) is 8.79. The molecule has 106 valence electrons. The quantitative estimate of drug-likeness (QED) is 0.766. The van der Waals surface area contributed by atoms with E-state index in [4.69, 9.17) is 10.5 Å². The van der Waals surface area contributed by atoms with Gasteiger partial charge in [-0.1, -0.05) is 6.92 Å². The first-order valence-electron chi connectivity index (χ1n) is 7.85. The lowest BCUT2D eigenvalue weighted by molar-refractivity contribution is -0.00757. The maximum absolute atomic E-state index is 5.87. The first-order valence-corrected chi connectivity index (χ1v) is 7.85. The highest BCUT2D eigenvalue weighted by Gasteiger charge is 2.27. The van der Waals surface area contributed by atoms with Crippen LogP contribution in [-0.4, -0.2) is 43.3 Å². The normalized spacial score (nSPS) is 31.7. The maximum atomic E-state index is 5.87. The molecule has 3 heteroatoms. The maximum Gasteiger partial charge on any atom is 0.0599 e. The van der Waals surface area contributed by atoms with Gasteiger partial charge in [0.1, 0.15) is 0 Å². The van der Waals surface area contributed by atoms with Crippen LogP contribution in [0.15, 0.2) is 0 Å². The Kier molecular flexibility index (Phi) is 5.93. The lowest BCUT2D eigenvalue weighted by atomic mass is 9.86. The van der Waals surface area contributed by atoms with E-state index in [1.807, 2.05) is 0 Å². The van der Waals surface area contributed by atoms with E-state index >= 15 is 0 Å². The van der Waals surface area contributed by atoms with Crippen molar-refractivity contribution in [2.75, 3.05) is 26.2 Å². The van der Waals surface area contributed by atoms with Crippen LogP contribution in [0.5, 0.6) is 0 Å². The molecule has 1 saturated heterocycles. The molecule has 1 aliphatic heterocycles. The Bertz CT molecular complexity index is 219. The van der Waals surface area contributed by atoms with Gasteiger partial charge in [-0.05, 0) is 57.4 Å². The number of hydrogen-bond acceptors (Lipinski definition) is 3.